The molecule has 7 nitrogen and oxygen atoms in total. The fourth-order valence-electron chi connectivity index (χ4n) is 3.24. The number of ether oxygens (including phenoxy) is 1. The van der Waals surface area contributed by atoms with Crippen LogP contribution in [-0.2, 0) is 11.3 Å². The SMILES string of the molecule is CC(=O)c1ccc(OCCCC(=O)NCc2ccc(N3CCN(C)CC3)nc2)cc1. The van der Waals surface area contributed by atoms with Crippen molar-refractivity contribution < 1.29 is 14.3 Å². The molecule has 0 unspecified atom stereocenters. The van der Waals surface area contributed by atoms with Crippen molar-refractivity contribution in [2.75, 3.05) is 44.7 Å². The molecular formula is C23H30N4O3. The van der Waals surface area contributed by atoms with Gasteiger partial charge >= 0.3 is 0 Å². The van der Waals surface area contributed by atoms with Gasteiger partial charge in [-0.1, -0.05) is 6.07 Å². The summed E-state index contributed by atoms with van der Waals surface area (Å²) in [6.07, 6.45) is 2.86. The summed E-state index contributed by atoms with van der Waals surface area (Å²) in [5.74, 6) is 1.72. The Labute approximate surface area is 178 Å². The maximum atomic E-state index is 12.1. The van der Waals surface area contributed by atoms with Crippen LogP contribution in [0.4, 0.5) is 5.82 Å². The summed E-state index contributed by atoms with van der Waals surface area (Å²) in [6.45, 7) is 6.54. The normalized spacial score (nSPS) is 14.4. The van der Waals surface area contributed by atoms with Crippen LogP contribution in [0.2, 0.25) is 0 Å². The molecule has 0 radical (unpaired) electrons. The van der Waals surface area contributed by atoms with Crippen LogP contribution in [0.5, 0.6) is 5.75 Å². The van der Waals surface area contributed by atoms with Crippen LogP contribution in [0.15, 0.2) is 42.6 Å². The first-order valence-corrected chi connectivity index (χ1v) is 10.4. The third kappa shape index (κ3) is 6.56. The van der Waals surface area contributed by atoms with Crippen molar-refractivity contribution in [3.63, 3.8) is 0 Å². The van der Waals surface area contributed by atoms with E-state index >= 15 is 0 Å². The highest BCUT2D eigenvalue weighted by atomic mass is 16.5. The molecule has 1 saturated heterocycles. The first kappa shape index (κ1) is 21.8. The lowest BCUT2D eigenvalue weighted by molar-refractivity contribution is -0.121. The molecule has 1 aromatic carbocycles. The van der Waals surface area contributed by atoms with Crippen LogP contribution >= 0.6 is 0 Å². The Hall–Kier alpha value is -2.93. The largest absolute Gasteiger partial charge is 0.494 e. The van der Waals surface area contributed by atoms with Gasteiger partial charge in [-0.25, -0.2) is 4.98 Å². The number of carbonyl (C=O) groups is 2. The average molecular weight is 411 g/mol. The van der Waals surface area contributed by atoms with Gasteiger partial charge in [-0.3, -0.25) is 9.59 Å². The third-order valence-corrected chi connectivity index (χ3v) is 5.20. The molecule has 0 spiro atoms. The molecular weight excluding hydrogens is 380 g/mol. The lowest BCUT2D eigenvalue weighted by atomic mass is 10.1. The van der Waals surface area contributed by atoms with Gasteiger partial charge in [-0.2, -0.15) is 0 Å². The number of hydrogen-bond acceptors (Lipinski definition) is 6. The molecule has 0 aliphatic carbocycles. The number of nitrogens with zero attached hydrogens (tertiary/aromatic N) is 3. The van der Waals surface area contributed by atoms with E-state index in [9.17, 15) is 9.59 Å². The van der Waals surface area contributed by atoms with Crippen LogP contribution in [0.3, 0.4) is 0 Å². The molecule has 160 valence electrons. The number of pyridine rings is 1. The average Bonchev–Trinajstić information content (AvgIpc) is 2.76. The van der Waals surface area contributed by atoms with Gasteiger partial charge in [0.15, 0.2) is 5.78 Å². The number of carbonyl (C=O) groups excluding carboxylic acids is 2. The van der Waals surface area contributed by atoms with Gasteiger partial charge in [0.2, 0.25) is 5.91 Å². The quantitative estimate of drug-likeness (QED) is 0.506. The molecule has 2 heterocycles. The van der Waals surface area contributed by atoms with E-state index in [0.29, 0.717) is 37.3 Å². The number of hydrogen-bond donors (Lipinski definition) is 1. The number of nitrogens with one attached hydrogen (secondary N) is 1. The highest BCUT2D eigenvalue weighted by Gasteiger charge is 2.15. The number of piperazine rings is 1. The van der Waals surface area contributed by atoms with Crippen LogP contribution in [0, 0.1) is 0 Å². The molecule has 0 bridgehead atoms. The number of aromatic nitrogens is 1. The minimum atomic E-state index is -0.00586. The Bertz CT molecular complexity index is 829. The zero-order chi connectivity index (χ0) is 21.3. The molecule has 1 aliphatic heterocycles. The summed E-state index contributed by atoms with van der Waals surface area (Å²) in [4.78, 5) is 32.5. The summed E-state index contributed by atoms with van der Waals surface area (Å²) < 4.78 is 5.62. The van der Waals surface area contributed by atoms with E-state index in [4.69, 9.17) is 4.74 Å². The monoisotopic (exact) mass is 410 g/mol. The van der Waals surface area contributed by atoms with Crippen molar-refractivity contribution in [2.45, 2.75) is 26.3 Å². The zero-order valence-corrected chi connectivity index (χ0v) is 17.8. The number of Topliss-reactive ketones (excluding diaryl/α,β-unsaturated/α-hetero) is 1. The second-order valence-electron chi connectivity index (χ2n) is 7.62. The highest BCUT2D eigenvalue weighted by Crippen LogP contribution is 2.14. The summed E-state index contributed by atoms with van der Waals surface area (Å²) in [7, 11) is 2.13. The predicted octanol–water partition coefficient (Wildman–Crippen LogP) is 2.51. The number of anilines is 1. The van der Waals surface area contributed by atoms with E-state index in [1.807, 2.05) is 18.3 Å². The van der Waals surface area contributed by atoms with Crippen molar-refractivity contribution in [1.29, 1.82) is 0 Å². The van der Waals surface area contributed by atoms with Gasteiger partial charge in [0, 0.05) is 50.9 Å². The standard InChI is InChI=1S/C23H30N4O3/c1-18(28)20-6-8-21(9-7-20)30-15-3-4-23(29)25-17-19-5-10-22(24-16-19)27-13-11-26(2)12-14-27/h5-10,16H,3-4,11-15,17H2,1-2H3,(H,25,29). The van der Waals surface area contributed by atoms with Gasteiger partial charge in [-0.15, -0.1) is 0 Å². The summed E-state index contributed by atoms with van der Waals surface area (Å²) in [5, 5.41) is 2.93. The van der Waals surface area contributed by atoms with E-state index in [1.165, 1.54) is 6.92 Å². The lowest BCUT2D eigenvalue weighted by Gasteiger charge is -2.33. The zero-order valence-electron chi connectivity index (χ0n) is 17.8. The van der Waals surface area contributed by atoms with E-state index in [2.05, 4.69) is 27.1 Å². The van der Waals surface area contributed by atoms with E-state index in [1.54, 1.807) is 24.3 Å². The summed E-state index contributed by atoms with van der Waals surface area (Å²) in [5.41, 5.74) is 1.65. The maximum absolute atomic E-state index is 12.1. The molecule has 0 saturated carbocycles. The third-order valence-electron chi connectivity index (χ3n) is 5.20. The molecule has 1 N–H and O–H groups in total. The Morgan fingerprint density at radius 2 is 1.80 bits per heavy atom. The molecule has 1 aliphatic rings. The topological polar surface area (TPSA) is 74.8 Å². The molecule has 7 heteroatoms. The van der Waals surface area contributed by atoms with E-state index < -0.39 is 0 Å². The number of amides is 1. The molecule has 1 amide bonds. The smallest absolute Gasteiger partial charge is 0.220 e. The number of benzene rings is 1. The maximum Gasteiger partial charge on any atom is 0.220 e. The van der Waals surface area contributed by atoms with Crippen LogP contribution < -0.4 is 15.0 Å². The summed E-state index contributed by atoms with van der Waals surface area (Å²) in [6, 6.07) is 11.1. The van der Waals surface area contributed by atoms with Crippen LogP contribution in [-0.4, -0.2) is 61.4 Å². The van der Waals surface area contributed by atoms with Gasteiger partial charge in [0.25, 0.3) is 0 Å². The molecule has 0 atom stereocenters. The Kier molecular flexibility index (Phi) is 7.79. The predicted molar refractivity (Wildman–Crippen MR) is 117 cm³/mol. The first-order chi connectivity index (χ1) is 14.5. The van der Waals surface area contributed by atoms with Gasteiger partial charge in [-0.05, 0) is 56.3 Å². The van der Waals surface area contributed by atoms with Crippen molar-refractivity contribution in [1.82, 2.24) is 15.2 Å². The Morgan fingerprint density at radius 3 is 2.43 bits per heavy atom. The lowest BCUT2D eigenvalue weighted by Crippen LogP contribution is -2.44. The number of likely N-dealkylation sites (N-methyl/N-ethyl adjacent to an activating group) is 1. The van der Waals surface area contributed by atoms with Crippen molar-refractivity contribution >= 4 is 17.5 Å². The molecule has 1 aromatic heterocycles. The summed E-state index contributed by atoms with van der Waals surface area (Å²) >= 11 is 0. The van der Waals surface area contributed by atoms with Crippen molar-refractivity contribution in [3.8, 4) is 5.75 Å². The van der Waals surface area contributed by atoms with Crippen molar-refractivity contribution in [3.05, 3.63) is 53.7 Å². The van der Waals surface area contributed by atoms with Crippen molar-refractivity contribution in [2.24, 2.45) is 0 Å². The Morgan fingerprint density at radius 1 is 1.07 bits per heavy atom. The molecule has 3 rings (SSSR count). The molecule has 2 aromatic rings. The fourth-order valence-corrected chi connectivity index (χ4v) is 3.24. The minimum absolute atomic E-state index is 0.00586. The number of rotatable bonds is 9. The van der Waals surface area contributed by atoms with Gasteiger partial charge in [0.05, 0.1) is 6.61 Å². The molecule has 30 heavy (non-hydrogen) atoms. The first-order valence-electron chi connectivity index (χ1n) is 10.4. The second-order valence-corrected chi connectivity index (χ2v) is 7.62. The van der Waals surface area contributed by atoms with E-state index in [-0.39, 0.29) is 11.7 Å². The van der Waals surface area contributed by atoms with E-state index in [0.717, 1.165) is 37.6 Å². The number of ketones is 1. The van der Waals surface area contributed by atoms with Crippen LogP contribution in [0.1, 0.15) is 35.7 Å². The van der Waals surface area contributed by atoms with Gasteiger partial charge in [0.1, 0.15) is 11.6 Å². The van der Waals surface area contributed by atoms with Gasteiger partial charge < -0.3 is 19.9 Å². The second kappa shape index (κ2) is 10.7. The Balaban J connectivity index is 1.33. The minimum Gasteiger partial charge on any atom is -0.494 e. The van der Waals surface area contributed by atoms with Crippen LogP contribution in [0.25, 0.3) is 0 Å². The highest BCUT2D eigenvalue weighted by molar-refractivity contribution is 5.94. The fraction of sp³-hybridized carbons (Fsp3) is 0.435. The molecule has 1 fully saturated rings.